The summed E-state index contributed by atoms with van der Waals surface area (Å²) < 4.78 is 15.2. The summed E-state index contributed by atoms with van der Waals surface area (Å²) in [5, 5.41) is 0. The third kappa shape index (κ3) is 3.02. The van der Waals surface area contributed by atoms with Gasteiger partial charge in [0.15, 0.2) is 6.61 Å². The molecule has 0 saturated heterocycles. The Labute approximate surface area is 156 Å². The third-order valence-electron chi connectivity index (χ3n) is 4.27. The molecule has 0 bridgehead atoms. The lowest BCUT2D eigenvalue weighted by molar-refractivity contribution is 0.154. The van der Waals surface area contributed by atoms with E-state index in [0.717, 1.165) is 39.1 Å². The van der Waals surface area contributed by atoms with E-state index < -0.39 is 0 Å². The molecule has 4 aromatic rings. The zero-order valence-electron chi connectivity index (χ0n) is 14.7. The second-order valence-electron chi connectivity index (χ2n) is 6.06. The van der Waals surface area contributed by atoms with Gasteiger partial charge < -0.3 is 4.84 Å². The second-order valence-corrected chi connectivity index (χ2v) is 6.06. The van der Waals surface area contributed by atoms with Crippen LogP contribution in [-0.4, -0.2) is 21.3 Å². The van der Waals surface area contributed by atoms with Crippen molar-refractivity contribution in [3.63, 3.8) is 0 Å². The SMILES string of the molecule is C#CCOn1c(-c2ccncc2)c(-c2ccc(F)cc2)c2nc(C)ccc21. The van der Waals surface area contributed by atoms with Crippen LogP contribution in [0.2, 0.25) is 0 Å². The molecule has 4 rings (SSSR count). The monoisotopic (exact) mass is 357 g/mol. The Balaban J connectivity index is 2.11. The van der Waals surface area contributed by atoms with Gasteiger partial charge >= 0.3 is 0 Å². The molecule has 1 aromatic carbocycles. The average Bonchev–Trinajstić information content (AvgIpc) is 3.01. The predicted octanol–water partition coefficient (Wildman–Crippen LogP) is 4.27. The van der Waals surface area contributed by atoms with Crippen molar-refractivity contribution in [3.05, 3.63) is 72.4 Å². The van der Waals surface area contributed by atoms with E-state index in [-0.39, 0.29) is 12.4 Å². The number of terminal acetylenes is 1. The third-order valence-corrected chi connectivity index (χ3v) is 4.27. The Morgan fingerprint density at radius 1 is 1.04 bits per heavy atom. The molecule has 0 fully saturated rings. The molecule has 4 nitrogen and oxygen atoms in total. The Morgan fingerprint density at radius 3 is 2.48 bits per heavy atom. The van der Waals surface area contributed by atoms with Crippen LogP contribution in [0.1, 0.15) is 5.69 Å². The topological polar surface area (TPSA) is 39.9 Å². The maximum Gasteiger partial charge on any atom is 0.175 e. The van der Waals surface area contributed by atoms with E-state index in [2.05, 4.69) is 10.9 Å². The lowest BCUT2D eigenvalue weighted by Crippen LogP contribution is -2.12. The molecular weight excluding hydrogens is 341 g/mol. The van der Waals surface area contributed by atoms with Gasteiger partial charge in [-0.25, -0.2) is 4.39 Å². The Kier molecular flexibility index (Phi) is 4.31. The summed E-state index contributed by atoms with van der Waals surface area (Å²) >= 11 is 0. The van der Waals surface area contributed by atoms with Crippen LogP contribution in [0.25, 0.3) is 33.4 Å². The molecule has 0 unspecified atom stereocenters. The summed E-state index contributed by atoms with van der Waals surface area (Å²) in [6, 6.07) is 14.0. The van der Waals surface area contributed by atoms with Gasteiger partial charge in [-0.2, -0.15) is 4.73 Å². The van der Waals surface area contributed by atoms with E-state index in [1.54, 1.807) is 29.3 Å². The summed E-state index contributed by atoms with van der Waals surface area (Å²) in [6.07, 6.45) is 8.84. The fraction of sp³-hybridized carbons (Fsp3) is 0.0909. The van der Waals surface area contributed by atoms with Gasteiger partial charge in [0, 0.05) is 29.2 Å². The van der Waals surface area contributed by atoms with Crippen molar-refractivity contribution in [1.29, 1.82) is 0 Å². The van der Waals surface area contributed by atoms with E-state index in [1.807, 2.05) is 31.2 Å². The van der Waals surface area contributed by atoms with Gasteiger partial charge in [-0.15, -0.1) is 6.42 Å². The fourth-order valence-electron chi connectivity index (χ4n) is 3.13. The number of halogens is 1. The van der Waals surface area contributed by atoms with Crippen LogP contribution in [0, 0.1) is 25.1 Å². The number of aryl methyl sites for hydroxylation is 1. The smallest absolute Gasteiger partial charge is 0.175 e. The van der Waals surface area contributed by atoms with Crippen LogP contribution in [0.15, 0.2) is 60.9 Å². The van der Waals surface area contributed by atoms with E-state index in [1.165, 1.54) is 12.1 Å². The molecular formula is C22H16FN3O. The van der Waals surface area contributed by atoms with Gasteiger partial charge in [0.25, 0.3) is 0 Å². The molecule has 0 radical (unpaired) electrons. The van der Waals surface area contributed by atoms with Crippen LogP contribution in [0.3, 0.4) is 0 Å². The van der Waals surface area contributed by atoms with Crippen LogP contribution < -0.4 is 4.84 Å². The largest absolute Gasteiger partial charge is 0.400 e. The van der Waals surface area contributed by atoms with Crippen molar-refractivity contribution in [2.45, 2.75) is 6.92 Å². The molecule has 5 heteroatoms. The number of benzene rings is 1. The molecule has 0 aliphatic carbocycles. The van der Waals surface area contributed by atoms with Gasteiger partial charge in [0.2, 0.25) is 0 Å². The highest BCUT2D eigenvalue weighted by molar-refractivity contribution is 6.02. The summed E-state index contributed by atoms with van der Waals surface area (Å²) in [5.74, 6) is 2.21. The van der Waals surface area contributed by atoms with Gasteiger partial charge in [-0.05, 0) is 48.9 Å². The van der Waals surface area contributed by atoms with Crippen LogP contribution in [0.4, 0.5) is 4.39 Å². The lowest BCUT2D eigenvalue weighted by atomic mass is 10.0. The summed E-state index contributed by atoms with van der Waals surface area (Å²) in [6.45, 7) is 2.04. The second kappa shape index (κ2) is 6.93. The molecule has 3 heterocycles. The van der Waals surface area contributed by atoms with E-state index in [4.69, 9.17) is 16.2 Å². The summed E-state index contributed by atoms with van der Waals surface area (Å²) in [7, 11) is 0. The number of aromatic nitrogens is 3. The maximum absolute atomic E-state index is 13.5. The first-order valence-electron chi connectivity index (χ1n) is 8.44. The molecule has 3 aromatic heterocycles. The van der Waals surface area contributed by atoms with Crippen molar-refractivity contribution in [2.24, 2.45) is 0 Å². The van der Waals surface area contributed by atoms with Gasteiger partial charge in [0.05, 0.1) is 5.69 Å². The normalized spacial score (nSPS) is 10.7. The van der Waals surface area contributed by atoms with Crippen LogP contribution in [0.5, 0.6) is 0 Å². The number of hydrogen-bond donors (Lipinski definition) is 0. The highest BCUT2D eigenvalue weighted by Crippen LogP contribution is 2.39. The van der Waals surface area contributed by atoms with E-state index in [9.17, 15) is 4.39 Å². The minimum absolute atomic E-state index is 0.110. The number of fused-ring (bicyclic) bond motifs is 1. The molecule has 0 aliphatic heterocycles. The van der Waals surface area contributed by atoms with Crippen LogP contribution in [-0.2, 0) is 0 Å². The minimum Gasteiger partial charge on any atom is -0.400 e. The standard InChI is InChI=1S/C22H16FN3O/c1-3-14-27-26-19-9-4-15(2)25-21(19)20(16-5-7-18(23)8-6-16)22(26)17-10-12-24-13-11-17/h1,4-13H,14H2,2H3. The number of rotatable bonds is 4. The van der Waals surface area contributed by atoms with Gasteiger partial charge in [0.1, 0.15) is 16.9 Å². The summed E-state index contributed by atoms with van der Waals surface area (Å²) in [4.78, 5) is 14.7. The zero-order chi connectivity index (χ0) is 18.8. The lowest BCUT2D eigenvalue weighted by Gasteiger charge is -2.12. The molecule has 0 atom stereocenters. The first-order chi connectivity index (χ1) is 13.2. The fourth-order valence-corrected chi connectivity index (χ4v) is 3.13. The van der Waals surface area contributed by atoms with Crippen LogP contribution >= 0.6 is 0 Å². The highest BCUT2D eigenvalue weighted by atomic mass is 19.1. The average molecular weight is 357 g/mol. The highest BCUT2D eigenvalue weighted by Gasteiger charge is 2.22. The van der Waals surface area contributed by atoms with E-state index >= 15 is 0 Å². The molecule has 0 N–H and O–H groups in total. The molecule has 0 aliphatic rings. The van der Waals surface area contributed by atoms with Crippen molar-refractivity contribution >= 4 is 11.0 Å². The van der Waals surface area contributed by atoms with E-state index in [0.29, 0.717) is 0 Å². The molecule has 0 saturated carbocycles. The first kappa shape index (κ1) is 16.8. The number of hydrogen-bond acceptors (Lipinski definition) is 3. The Hall–Kier alpha value is -3.65. The molecule has 0 amide bonds. The predicted molar refractivity (Wildman–Crippen MR) is 103 cm³/mol. The Bertz CT molecular complexity index is 1140. The Morgan fingerprint density at radius 2 is 1.78 bits per heavy atom. The van der Waals surface area contributed by atoms with Crippen molar-refractivity contribution in [2.75, 3.05) is 6.61 Å². The van der Waals surface area contributed by atoms with Crippen molar-refractivity contribution < 1.29 is 9.23 Å². The van der Waals surface area contributed by atoms with Crippen molar-refractivity contribution in [3.8, 4) is 34.7 Å². The quantitative estimate of drug-likeness (QED) is 0.512. The molecule has 0 spiro atoms. The van der Waals surface area contributed by atoms with Gasteiger partial charge in [-0.1, -0.05) is 18.1 Å². The van der Waals surface area contributed by atoms with Gasteiger partial charge in [-0.3, -0.25) is 9.97 Å². The zero-order valence-corrected chi connectivity index (χ0v) is 14.7. The summed E-state index contributed by atoms with van der Waals surface area (Å²) in [5.41, 5.74) is 5.84. The molecule has 132 valence electrons. The number of nitrogens with zero attached hydrogens (tertiary/aromatic N) is 3. The first-order valence-corrected chi connectivity index (χ1v) is 8.44. The molecule has 27 heavy (non-hydrogen) atoms. The van der Waals surface area contributed by atoms with Crippen molar-refractivity contribution in [1.82, 2.24) is 14.7 Å². The maximum atomic E-state index is 13.5. The minimum atomic E-state index is -0.291. The number of pyridine rings is 2.